The quantitative estimate of drug-likeness (QED) is 0.305. The van der Waals surface area contributed by atoms with Crippen LogP contribution in [0.15, 0.2) is 29.4 Å². The van der Waals surface area contributed by atoms with Crippen LogP contribution in [0, 0.1) is 10.1 Å². The number of nitrogens with two attached hydrogens (primary N) is 1. The first kappa shape index (κ1) is 8.19. The normalized spacial score (nSPS) is 10.3. The molecule has 0 saturated heterocycles. The van der Waals surface area contributed by atoms with Crippen molar-refractivity contribution in [3.8, 4) is 0 Å². The summed E-state index contributed by atoms with van der Waals surface area (Å²) in [6.07, 6.45) is 1.42. The molecule has 0 atom stereocenters. The first-order valence-electron chi connectivity index (χ1n) is 3.22. The largest absolute Gasteiger partial charge is 0.323 e. The lowest BCUT2D eigenvalue weighted by Crippen LogP contribution is -1.89. The number of nitro groups is 1. The monoisotopic (exact) mass is 165 g/mol. The Kier molecular flexibility index (Phi) is 2.37. The average Bonchev–Trinajstić information content (AvgIpc) is 2.06. The van der Waals surface area contributed by atoms with Crippen molar-refractivity contribution in [2.45, 2.75) is 0 Å². The highest BCUT2D eigenvalue weighted by atomic mass is 16.6. The van der Waals surface area contributed by atoms with Crippen LogP contribution in [-0.4, -0.2) is 11.1 Å². The van der Waals surface area contributed by atoms with Crippen LogP contribution in [0.4, 0.5) is 5.69 Å². The van der Waals surface area contributed by atoms with Gasteiger partial charge in [-0.25, -0.2) is 0 Å². The molecule has 1 aromatic carbocycles. The Balaban J connectivity index is 2.93. The second-order valence-electron chi connectivity index (χ2n) is 2.13. The van der Waals surface area contributed by atoms with E-state index in [4.69, 9.17) is 5.84 Å². The minimum absolute atomic E-state index is 0.0594. The van der Waals surface area contributed by atoms with Gasteiger partial charge in [0.2, 0.25) is 0 Å². The molecule has 0 bridgehead atoms. The zero-order chi connectivity index (χ0) is 8.97. The van der Waals surface area contributed by atoms with E-state index < -0.39 is 4.92 Å². The van der Waals surface area contributed by atoms with Crippen molar-refractivity contribution < 1.29 is 4.92 Å². The molecule has 12 heavy (non-hydrogen) atoms. The van der Waals surface area contributed by atoms with Crippen LogP contribution in [-0.2, 0) is 0 Å². The molecule has 0 spiro atoms. The number of nitro benzene ring substituents is 1. The standard InChI is InChI=1S/C7H7N3O2/c8-9-5-6-1-3-7(4-2-6)10(11)12/h1-5H,8H2/b9-5-. The van der Waals surface area contributed by atoms with Crippen molar-refractivity contribution in [2.24, 2.45) is 10.9 Å². The van der Waals surface area contributed by atoms with E-state index in [0.29, 0.717) is 0 Å². The summed E-state index contributed by atoms with van der Waals surface area (Å²) in [5, 5.41) is 13.5. The Labute approximate surface area is 68.7 Å². The number of hydrazone groups is 1. The van der Waals surface area contributed by atoms with Gasteiger partial charge in [0.25, 0.3) is 5.69 Å². The van der Waals surface area contributed by atoms with Gasteiger partial charge in [0, 0.05) is 12.1 Å². The van der Waals surface area contributed by atoms with E-state index in [1.54, 1.807) is 12.1 Å². The molecule has 0 aliphatic carbocycles. The summed E-state index contributed by atoms with van der Waals surface area (Å²) in [5.74, 6) is 4.89. The maximum absolute atomic E-state index is 10.2. The second kappa shape index (κ2) is 3.47. The fourth-order valence-electron chi connectivity index (χ4n) is 0.768. The molecule has 2 N–H and O–H groups in total. The Morgan fingerprint density at radius 3 is 2.42 bits per heavy atom. The van der Waals surface area contributed by atoms with Gasteiger partial charge in [-0.15, -0.1) is 0 Å². The third-order valence-corrected chi connectivity index (χ3v) is 1.33. The Morgan fingerprint density at radius 2 is 2.00 bits per heavy atom. The highest BCUT2D eigenvalue weighted by Gasteiger charge is 2.01. The van der Waals surface area contributed by atoms with Crippen LogP contribution in [0.25, 0.3) is 0 Å². The molecule has 62 valence electrons. The van der Waals surface area contributed by atoms with Crippen LogP contribution in [0.5, 0.6) is 0 Å². The Hall–Kier alpha value is -1.91. The molecule has 5 heteroatoms. The van der Waals surface area contributed by atoms with E-state index in [1.807, 2.05) is 0 Å². The van der Waals surface area contributed by atoms with Crippen molar-refractivity contribution in [1.82, 2.24) is 0 Å². The summed E-state index contributed by atoms with van der Waals surface area (Å²) >= 11 is 0. The van der Waals surface area contributed by atoms with Gasteiger partial charge < -0.3 is 5.84 Å². The highest BCUT2D eigenvalue weighted by Crippen LogP contribution is 2.10. The van der Waals surface area contributed by atoms with Crippen molar-refractivity contribution >= 4 is 11.9 Å². The summed E-state index contributed by atoms with van der Waals surface area (Å²) in [5.41, 5.74) is 0.798. The molecule has 1 rings (SSSR count). The van der Waals surface area contributed by atoms with Gasteiger partial charge in [0.15, 0.2) is 0 Å². The molecule has 1 aromatic rings. The lowest BCUT2D eigenvalue weighted by molar-refractivity contribution is -0.384. The fraction of sp³-hybridized carbons (Fsp3) is 0. The maximum atomic E-state index is 10.2. The molecule has 0 amide bonds. The topological polar surface area (TPSA) is 81.5 Å². The summed E-state index contributed by atoms with van der Waals surface area (Å²) < 4.78 is 0. The van der Waals surface area contributed by atoms with Gasteiger partial charge in [-0.05, 0) is 17.7 Å². The third-order valence-electron chi connectivity index (χ3n) is 1.33. The van der Waals surface area contributed by atoms with Crippen molar-refractivity contribution in [3.63, 3.8) is 0 Å². The second-order valence-corrected chi connectivity index (χ2v) is 2.13. The molecule has 0 saturated carbocycles. The number of non-ortho nitro benzene ring substituents is 1. The van der Waals surface area contributed by atoms with Gasteiger partial charge in [0.05, 0.1) is 11.1 Å². The van der Waals surface area contributed by atoms with Crippen molar-refractivity contribution in [1.29, 1.82) is 0 Å². The van der Waals surface area contributed by atoms with Gasteiger partial charge >= 0.3 is 0 Å². The van der Waals surface area contributed by atoms with E-state index in [0.717, 1.165) is 5.56 Å². The van der Waals surface area contributed by atoms with Crippen LogP contribution < -0.4 is 5.84 Å². The van der Waals surface area contributed by atoms with E-state index >= 15 is 0 Å². The summed E-state index contributed by atoms with van der Waals surface area (Å²) in [6.45, 7) is 0. The molecular formula is C7H7N3O2. The maximum Gasteiger partial charge on any atom is 0.269 e. The van der Waals surface area contributed by atoms with Crippen LogP contribution in [0.2, 0.25) is 0 Å². The molecule has 0 aliphatic rings. The molecule has 0 heterocycles. The van der Waals surface area contributed by atoms with Gasteiger partial charge in [0.1, 0.15) is 0 Å². The summed E-state index contributed by atoms with van der Waals surface area (Å²) in [7, 11) is 0. The molecule has 0 aliphatic heterocycles. The highest BCUT2D eigenvalue weighted by molar-refractivity contribution is 5.79. The smallest absolute Gasteiger partial charge is 0.269 e. The molecule has 0 radical (unpaired) electrons. The minimum Gasteiger partial charge on any atom is -0.323 e. The van der Waals surface area contributed by atoms with Gasteiger partial charge in [-0.3, -0.25) is 10.1 Å². The summed E-state index contributed by atoms with van der Waals surface area (Å²) in [6, 6.07) is 5.96. The van der Waals surface area contributed by atoms with Crippen LogP contribution in [0.1, 0.15) is 5.56 Å². The van der Waals surface area contributed by atoms with Gasteiger partial charge in [-0.1, -0.05) is 0 Å². The molecule has 0 unspecified atom stereocenters. The predicted molar refractivity (Wildman–Crippen MR) is 44.9 cm³/mol. The lowest BCUT2D eigenvalue weighted by atomic mass is 10.2. The number of nitrogens with zero attached hydrogens (tertiary/aromatic N) is 2. The van der Waals surface area contributed by atoms with Crippen molar-refractivity contribution in [3.05, 3.63) is 39.9 Å². The number of hydrogen-bond donors (Lipinski definition) is 1. The average molecular weight is 165 g/mol. The van der Waals surface area contributed by atoms with Crippen molar-refractivity contribution in [2.75, 3.05) is 0 Å². The number of hydrogen-bond acceptors (Lipinski definition) is 4. The number of rotatable bonds is 2. The lowest BCUT2D eigenvalue weighted by Gasteiger charge is -1.91. The zero-order valence-corrected chi connectivity index (χ0v) is 6.18. The third kappa shape index (κ3) is 1.79. The van der Waals surface area contributed by atoms with E-state index in [9.17, 15) is 10.1 Å². The Bertz CT molecular complexity index is 305. The summed E-state index contributed by atoms with van der Waals surface area (Å²) in [4.78, 5) is 9.76. The SMILES string of the molecule is N/N=C\c1ccc([N+](=O)[O-])cc1. The van der Waals surface area contributed by atoms with E-state index in [1.165, 1.54) is 18.3 Å². The van der Waals surface area contributed by atoms with Crippen LogP contribution in [0.3, 0.4) is 0 Å². The molecule has 0 aromatic heterocycles. The number of benzene rings is 1. The molecule has 5 nitrogen and oxygen atoms in total. The minimum atomic E-state index is -0.455. The zero-order valence-electron chi connectivity index (χ0n) is 6.18. The first-order chi connectivity index (χ1) is 5.74. The molecular weight excluding hydrogens is 158 g/mol. The van der Waals surface area contributed by atoms with Crippen LogP contribution >= 0.6 is 0 Å². The predicted octanol–water partition coefficient (Wildman–Crippen LogP) is 0.887. The Morgan fingerprint density at radius 1 is 1.42 bits per heavy atom. The fourth-order valence-corrected chi connectivity index (χ4v) is 0.768. The first-order valence-corrected chi connectivity index (χ1v) is 3.22. The van der Waals surface area contributed by atoms with E-state index in [2.05, 4.69) is 5.10 Å². The molecule has 0 fully saturated rings. The van der Waals surface area contributed by atoms with E-state index in [-0.39, 0.29) is 5.69 Å². The van der Waals surface area contributed by atoms with Gasteiger partial charge in [-0.2, -0.15) is 5.10 Å².